The van der Waals surface area contributed by atoms with E-state index in [1.807, 2.05) is 30.3 Å². The summed E-state index contributed by atoms with van der Waals surface area (Å²) in [7, 11) is 0. The third kappa shape index (κ3) is 39.2. The van der Waals surface area contributed by atoms with Gasteiger partial charge in [-0.1, -0.05) is 192 Å². The molecule has 0 saturated carbocycles. The third-order valence-electron chi connectivity index (χ3n) is 12.1. The van der Waals surface area contributed by atoms with E-state index in [0.717, 1.165) is 122 Å². The fourth-order valence-corrected chi connectivity index (χ4v) is 8.15. The second kappa shape index (κ2) is 45.1. The van der Waals surface area contributed by atoms with Crippen LogP contribution in [0.3, 0.4) is 0 Å². The number of hydrogen-bond donors (Lipinski definition) is 1. The summed E-state index contributed by atoms with van der Waals surface area (Å²) in [5, 5.41) is 3.04. The lowest BCUT2D eigenvalue weighted by molar-refractivity contribution is -0.150. The van der Waals surface area contributed by atoms with Gasteiger partial charge in [0.15, 0.2) is 0 Å². The molecule has 0 bridgehead atoms. The first-order chi connectivity index (χ1) is 30.5. The number of unbranched alkanes of at least 4 members (excludes halogenated alkanes) is 24. The summed E-state index contributed by atoms with van der Waals surface area (Å²) in [6.07, 6.45) is 38.8. The SMILES string of the molecule is CCCCCCCCCOC(=O)CCCCCCCN(CCCCCCCC(=O)OC(CCCCCCCC)CCCCCCCC)CCCNC(=O)COCc1ccccc1. The monoisotopic (exact) mass is 871 g/mol. The van der Waals surface area contributed by atoms with Crippen LogP contribution in [0, 0.1) is 0 Å². The topological polar surface area (TPSA) is 94.2 Å². The van der Waals surface area contributed by atoms with Crippen LogP contribution in [0.15, 0.2) is 30.3 Å². The smallest absolute Gasteiger partial charge is 0.306 e. The van der Waals surface area contributed by atoms with Crippen LogP contribution >= 0.6 is 0 Å². The third-order valence-corrected chi connectivity index (χ3v) is 12.1. The minimum Gasteiger partial charge on any atom is -0.466 e. The predicted octanol–water partition coefficient (Wildman–Crippen LogP) is 14.4. The normalized spacial score (nSPS) is 11.4. The molecule has 0 atom stereocenters. The van der Waals surface area contributed by atoms with Gasteiger partial charge in [0, 0.05) is 19.4 Å². The van der Waals surface area contributed by atoms with Gasteiger partial charge in [-0.25, -0.2) is 0 Å². The number of hydrogen-bond acceptors (Lipinski definition) is 7. The zero-order valence-corrected chi connectivity index (χ0v) is 40.9. The minimum atomic E-state index is -0.0656. The van der Waals surface area contributed by atoms with Gasteiger partial charge in [0.1, 0.15) is 12.7 Å². The van der Waals surface area contributed by atoms with Crippen molar-refractivity contribution in [2.75, 3.05) is 39.4 Å². The predicted molar refractivity (Wildman–Crippen MR) is 260 cm³/mol. The summed E-state index contributed by atoms with van der Waals surface area (Å²) in [5.74, 6) is -0.0981. The van der Waals surface area contributed by atoms with Crippen LogP contribution in [-0.2, 0) is 35.2 Å². The Kier molecular flexibility index (Phi) is 41.9. The van der Waals surface area contributed by atoms with Crippen molar-refractivity contribution >= 4 is 17.8 Å². The Morgan fingerprint density at radius 2 is 0.968 bits per heavy atom. The molecule has 0 aromatic heterocycles. The number of benzene rings is 1. The molecule has 0 radical (unpaired) electrons. The first kappa shape index (κ1) is 57.6. The van der Waals surface area contributed by atoms with E-state index >= 15 is 0 Å². The summed E-state index contributed by atoms with van der Waals surface area (Å²) >= 11 is 0. The van der Waals surface area contributed by atoms with Gasteiger partial charge in [0.2, 0.25) is 5.91 Å². The summed E-state index contributed by atoms with van der Waals surface area (Å²) in [5.41, 5.74) is 1.07. The molecule has 8 heteroatoms. The van der Waals surface area contributed by atoms with Crippen LogP contribution in [0.2, 0.25) is 0 Å². The summed E-state index contributed by atoms with van der Waals surface area (Å²) < 4.78 is 17.2. The highest BCUT2D eigenvalue weighted by Crippen LogP contribution is 2.19. The van der Waals surface area contributed by atoms with E-state index < -0.39 is 0 Å². The molecule has 1 rings (SSSR count). The molecular weight excluding hydrogens is 773 g/mol. The second-order valence-electron chi connectivity index (χ2n) is 18.1. The zero-order chi connectivity index (χ0) is 44.8. The maximum atomic E-state index is 12.9. The number of esters is 2. The summed E-state index contributed by atoms with van der Waals surface area (Å²) in [6, 6.07) is 9.94. The molecule has 360 valence electrons. The van der Waals surface area contributed by atoms with E-state index in [1.54, 1.807) is 0 Å². The molecule has 0 spiro atoms. The Hall–Kier alpha value is -2.45. The summed E-state index contributed by atoms with van der Waals surface area (Å²) in [4.78, 5) is 40.0. The van der Waals surface area contributed by atoms with Gasteiger partial charge in [-0.3, -0.25) is 14.4 Å². The van der Waals surface area contributed by atoms with Gasteiger partial charge in [0.25, 0.3) is 0 Å². The molecule has 0 saturated heterocycles. The number of amides is 1. The van der Waals surface area contributed by atoms with Crippen molar-refractivity contribution in [2.24, 2.45) is 0 Å². The fourth-order valence-electron chi connectivity index (χ4n) is 8.15. The van der Waals surface area contributed by atoms with E-state index in [9.17, 15) is 14.4 Å². The lowest BCUT2D eigenvalue weighted by Gasteiger charge is -2.22. The molecule has 0 aliphatic heterocycles. The van der Waals surface area contributed by atoms with Crippen molar-refractivity contribution in [1.82, 2.24) is 10.2 Å². The number of carbonyl (C=O) groups excluding carboxylic acids is 3. The van der Waals surface area contributed by atoms with Crippen molar-refractivity contribution in [3.05, 3.63) is 35.9 Å². The zero-order valence-electron chi connectivity index (χ0n) is 40.9. The molecular formula is C54H98N2O6. The highest BCUT2D eigenvalue weighted by atomic mass is 16.5. The van der Waals surface area contributed by atoms with Gasteiger partial charge >= 0.3 is 11.9 Å². The maximum Gasteiger partial charge on any atom is 0.306 e. The van der Waals surface area contributed by atoms with Crippen LogP contribution in [0.25, 0.3) is 0 Å². The van der Waals surface area contributed by atoms with E-state index in [4.69, 9.17) is 14.2 Å². The van der Waals surface area contributed by atoms with E-state index in [-0.39, 0.29) is 30.6 Å². The molecule has 62 heavy (non-hydrogen) atoms. The average molecular weight is 871 g/mol. The lowest BCUT2D eigenvalue weighted by atomic mass is 10.0. The van der Waals surface area contributed by atoms with Crippen LogP contribution in [0.5, 0.6) is 0 Å². The Bertz CT molecular complexity index is 1120. The molecule has 1 N–H and O–H groups in total. The molecule has 8 nitrogen and oxygen atoms in total. The molecule has 1 amide bonds. The minimum absolute atomic E-state index is 0.00623. The van der Waals surface area contributed by atoms with E-state index in [0.29, 0.717) is 32.6 Å². The van der Waals surface area contributed by atoms with Crippen molar-refractivity contribution in [1.29, 1.82) is 0 Å². The average Bonchev–Trinajstić information content (AvgIpc) is 3.27. The summed E-state index contributed by atoms with van der Waals surface area (Å²) in [6.45, 7) is 11.6. The molecule has 0 heterocycles. The number of nitrogens with one attached hydrogen (secondary N) is 1. The number of nitrogens with zero attached hydrogens (tertiary/aromatic N) is 1. The molecule has 1 aromatic rings. The van der Waals surface area contributed by atoms with Gasteiger partial charge in [-0.2, -0.15) is 0 Å². The number of carbonyl (C=O) groups is 3. The standard InChI is InChI=1S/C54H98N2O6/c1-4-7-10-13-16-25-35-47-61-53(58)41-31-21-17-23-33-44-56(46-36-43-55-52(57)49-60-48-50-37-27-26-28-38-50)45-34-24-18-22-32-42-54(59)62-51(39-29-19-14-11-8-5-2)40-30-20-15-12-9-6-3/h26-28,37-38,51H,4-25,29-36,39-49H2,1-3H3,(H,55,57). The number of rotatable bonds is 47. The Labute approximate surface area is 382 Å². The van der Waals surface area contributed by atoms with Crippen molar-refractivity contribution < 1.29 is 28.6 Å². The molecule has 0 fully saturated rings. The first-order valence-corrected chi connectivity index (χ1v) is 26.4. The van der Waals surface area contributed by atoms with E-state index in [1.165, 1.54) is 109 Å². The quantitative estimate of drug-likeness (QED) is 0.0515. The Balaban J connectivity index is 2.36. The Morgan fingerprint density at radius 1 is 0.516 bits per heavy atom. The van der Waals surface area contributed by atoms with Gasteiger partial charge in [-0.15, -0.1) is 0 Å². The number of ether oxygens (including phenoxy) is 3. The highest BCUT2D eigenvalue weighted by Gasteiger charge is 2.15. The lowest BCUT2D eigenvalue weighted by Crippen LogP contribution is -2.33. The van der Waals surface area contributed by atoms with Crippen molar-refractivity contribution in [3.63, 3.8) is 0 Å². The van der Waals surface area contributed by atoms with Crippen molar-refractivity contribution in [2.45, 2.75) is 252 Å². The van der Waals surface area contributed by atoms with Crippen LogP contribution in [0.4, 0.5) is 0 Å². The molecule has 1 aromatic carbocycles. The van der Waals surface area contributed by atoms with E-state index in [2.05, 4.69) is 31.0 Å². The molecule has 0 unspecified atom stereocenters. The van der Waals surface area contributed by atoms with Gasteiger partial charge in [-0.05, 0) is 89.4 Å². The molecule has 0 aliphatic carbocycles. The molecule has 0 aliphatic rings. The van der Waals surface area contributed by atoms with Gasteiger partial charge < -0.3 is 24.4 Å². The fraction of sp³-hybridized carbons (Fsp3) is 0.833. The van der Waals surface area contributed by atoms with Gasteiger partial charge in [0.05, 0.1) is 13.2 Å². The second-order valence-corrected chi connectivity index (χ2v) is 18.1. The largest absolute Gasteiger partial charge is 0.466 e. The van der Waals surface area contributed by atoms with Crippen molar-refractivity contribution in [3.8, 4) is 0 Å². The van der Waals surface area contributed by atoms with Crippen LogP contribution in [0.1, 0.15) is 245 Å². The highest BCUT2D eigenvalue weighted by molar-refractivity contribution is 5.77. The van der Waals surface area contributed by atoms with Crippen LogP contribution < -0.4 is 5.32 Å². The van der Waals surface area contributed by atoms with Crippen LogP contribution in [-0.4, -0.2) is 68.2 Å². The Morgan fingerprint density at radius 3 is 1.52 bits per heavy atom. The maximum absolute atomic E-state index is 12.9. The first-order valence-electron chi connectivity index (χ1n) is 26.4.